The first-order chi connectivity index (χ1) is 33.2. The van der Waals surface area contributed by atoms with E-state index in [1.54, 1.807) is 0 Å². The fourth-order valence-corrected chi connectivity index (χ4v) is 11.5. The van der Waals surface area contributed by atoms with Crippen molar-refractivity contribution in [2.24, 2.45) is 0 Å². The number of rotatable bonds is 6. The molecule has 3 nitrogen and oxygen atoms in total. The van der Waals surface area contributed by atoms with Crippen molar-refractivity contribution in [2.75, 3.05) is 9.80 Å². The van der Waals surface area contributed by atoms with Gasteiger partial charge in [0, 0.05) is 50.5 Å². The van der Waals surface area contributed by atoms with Gasteiger partial charge in [0.2, 0.25) is 0 Å². The van der Waals surface area contributed by atoms with Crippen molar-refractivity contribution in [1.29, 1.82) is 0 Å². The number of aromatic nitrogens is 1. The molecule has 2 unspecified atom stereocenters. The first kappa shape index (κ1) is 37.7. The molecule has 0 fully saturated rings. The van der Waals surface area contributed by atoms with Gasteiger partial charge < -0.3 is 14.4 Å². The Morgan fingerprint density at radius 1 is 0.358 bits per heavy atom. The minimum atomic E-state index is 0.218. The molecule has 2 heterocycles. The van der Waals surface area contributed by atoms with Crippen molar-refractivity contribution < 1.29 is 0 Å². The van der Waals surface area contributed by atoms with Gasteiger partial charge in [-0.15, -0.1) is 0 Å². The van der Waals surface area contributed by atoms with E-state index in [4.69, 9.17) is 0 Å². The Hall–Kier alpha value is -8.66. The Bertz CT molecular complexity index is 3970. The topological polar surface area (TPSA) is 11.4 Å². The van der Waals surface area contributed by atoms with Gasteiger partial charge in [-0.2, -0.15) is 0 Å². The summed E-state index contributed by atoms with van der Waals surface area (Å²) >= 11 is 0. The van der Waals surface area contributed by atoms with Crippen LogP contribution in [0.1, 0.15) is 11.5 Å². The smallest absolute Gasteiger partial charge is 0.0629 e. The molecule has 1 aliphatic carbocycles. The van der Waals surface area contributed by atoms with E-state index in [1.165, 1.54) is 93.0 Å². The molecule has 0 bridgehead atoms. The first-order valence-electron chi connectivity index (χ1n) is 23.3. The van der Waals surface area contributed by atoms with Crippen molar-refractivity contribution >= 4 is 93.3 Å². The monoisotopic (exact) mass is 853 g/mol. The molecule has 0 saturated heterocycles. The molecule has 1 aliphatic heterocycles. The van der Waals surface area contributed by atoms with Crippen LogP contribution in [0.4, 0.5) is 28.4 Å². The van der Waals surface area contributed by atoms with Crippen molar-refractivity contribution in [3.63, 3.8) is 0 Å². The van der Waals surface area contributed by atoms with Gasteiger partial charge >= 0.3 is 0 Å². The van der Waals surface area contributed by atoms with Gasteiger partial charge in [-0.3, -0.25) is 0 Å². The zero-order valence-electron chi connectivity index (χ0n) is 36.7. The van der Waals surface area contributed by atoms with Crippen LogP contribution in [0, 0.1) is 0 Å². The van der Waals surface area contributed by atoms with Gasteiger partial charge in [0.15, 0.2) is 0 Å². The van der Waals surface area contributed by atoms with E-state index in [0.717, 1.165) is 22.7 Å². The standard InChI is InChI=1S/C64H43N3/c1-2-17-45(18-3-1)65(60-28-14-16-43-15-4-5-19-49(43)60)46-32-29-42(30-33-46)44-31-37-63-58(39-44)59-41-48(66-61-26-12-10-24-55(61)56-25-11-13-27-62(56)66)35-38-64(59)67(63)47-34-36-54-52-22-7-6-20-50(52)51-21-8-9-23-53(51)57(54)40-47/h1-41,55,61H. The Morgan fingerprint density at radius 3 is 1.72 bits per heavy atom. The van der Waals surface area contributed by atoms with Crippen molar-refractivity contribution in [2.45, 2.75) is 12.0 Å². The average Bonchev–Trinajstić information content (AvgIpc) is 3.91. The predicted molar refractivity (Wildman–Crippen MR) is 284 cm³/mol. The maximum atomic E-state index is 2.55. The third kappa shape index (κ3) is 5.84. The molecule has 3 heteroatoms. The van der Waals surface area contributed by atoms with Gasteiger partial charge in [-0.25, -0.2) is 0 Å². The summed E-state index contributed by atoms with van der Waals surface area (Å²) in [6.45, 7) is 0. The lowest BCUT2D eigenvalue weighted by atomic mass is 9.91. The summed E-state index contributed by atoms with van der Waals surface area (Å²) < 4.78 is 2.48. The highest BCUT2D eigenvalue weighted by atomic mass is 15.2. The van der Waals surface area contributed by atoms with Crippen molar-refractivity contribution in [1.82, 2.24) is 4.57 Å². The summed E-state index contributed by atoms with van der Waals surface area (Å²) in [5.74, 6) is 0.315. The average molecular weight is 854 g/mol. The summed E-state index contributed by atoms with van der Waals surface area (Å²) in [6.07, 6.45) is 9.13. The quantitative estimate of drug-likeness (QED) is 0.154. The number of nitrogens with zero attached hydrogens (tertiary/aromatic N) is 3. The Morgan fingerprint density at radius 2 is 0.925 bits per heavy atom. The third-order valence-corrected chi connectivity index (χ3v) is 14.5. The second kappa shape index (κ2) is 14.9. The molecule has 0 amide bonds. The maximum absolute atomic E-state index is 2.55. The molecule has 0 saturated carbocycles. The number of benzene rings is 11. The molecule has 11 aromatic carbocycles. The normalized spacial score (nSPS) is 15.3. The second-order valence-electron chi connectivity index (χ2n) is 18.0. The molecule has 2 aliphatic rings. The Balaban J connectivity index is 0.952. The van der Waals surface area contributed by atoms with E-state index in [0.29, 0.717) is 5.92 Å². The molecule has 2 atom stereocenters. The molecule has 0 radical (unpaired) electrons. The molecular formula is C64H43N3. The van der Waals surface area contributed by atoms with Crippen LogP contribution in [0.3, 0.4) is 0 Å². The number of hydrogen-bond donors (Lipinski definition) is 0. The van der Waals surface area contributed by atoms with Crippen LogP contribution in [-0.4, -0.2) is 10.6 Å². The van der Waals surface area contributed by atoms with Crippen molar-refractivity contribution in [3.8, 4) is 16.8 Å². The van der Waals surface area contributed by atoms with Crippen LogP contribution >= 0.6 is 0 Å². The van der Waals surface area contributed by atoms with Crippen molar-refractivity contribution in [3.05, 3.63) is 254 Å². The largest absolute Gasteiger partial charge is 0.333 e. The summed E-state index contributed by atoms with van der Waals surface area (Å²) in [5, 5.41) is 12.6. The SMILES string of the molecule is C1=CC2c3ccccc3N(c3ccc4c(c3)c3cc(-c5ccc(N(c6ccccc6)c6cccc7ccccc67)cc5)ccc3n4-c3ccc4c5ccccc5c5ccccc5c4c3)C2C=C1. The summed E-state index contributed by atoms with van der Waals surface area (Å²) in [6, 6.07) is 83.1. The summed E-state index contributed by atoms with van der Waals surface area (Å²) in [5.41, 5.74) is 13.1. The van der Waals surface area contributed by atoms with Crippen LogP contribution in [0.2, 0.25) is 0 Å². The van der Waals surface area contributed by atoms with E-state index in [-0.39, 0.29) is 6.04 Å². The minimum Gasteiger partial charge on any atom is -0.333 e. The van der Waals surface area contributed by atoms with E-state index < -0.39 is 0 Å². The van der Waals surface area contributed by atoms with Crippen LogP contribution in [-0.2, 0) is 0 Å². The minimum absolute atomic E-state index is 0.218. The molecular weight excluding hydrogens is 811 g/mol. The maximum Gasteiger partial charge on any atom is 0.0629 e. The second-order valence-corrected chi connectivity index (χ2v) is 18.0. The molecule has 0 N–H and O–H groups in total. The fraction of sp³-hybridized carbons (Fsp3) is 0.0312. The number of fused-ring (bicyclic) bond motifs is 13. The highest BCUT2D eigenvalue weighted by Crippen LogP contribution is 2.49. The van der Waals surface area contributed by atoms with Gasteiger partial charge in [-0.1, -0.05) is 170 Å². The lowest BCUT2D eigenvalue weighted by molar-refractivity contribution is 0.745. The molecule has 67 heavy (non-hydrogen) atoms. The lowest BCUT2D eigenvalue weighted by Gasteiger charge is -2.28. The van der Waals surface area contributed by atoms with E-state index in [9.17, 15) is 0 Å². The van der Waals surface area contributed by atoms with Gasteiger partial charge in [0.05, 0.1) is 22.8 Å². The summed E-state index contributed by atoms with van der Waals surface area (Å²) in [7, 11) is 0. The fourth-order valence-electron chi connectivity index (χ4n) is 11.5. The molecule has 14 rings (SSSR count). The number of allylic oxidation sites excluding steroid dienone is 2. The van der Waals surface area contributed by atoms with Crippen LogP contribution in [0.5, 0.6) is 0 Å². The Kier molecular flexibility index (Phi) is 8.41. The van der Waals surface area contributed by atoms with E-state index in [2.05, 4.69) is 263 Å². The molecule has 1 aromatic heterocycles. The molecule has 314 valence electrons. The van der Waals surface area contributed by atoms with Crippen LogP contribution in [0.25, 0.3) is 81.7 Å². The zero-order valence-corrected chi connectivity index (χ0v) is 36.7. The first-order valence-corrected chi connectivity index (χ1v) is 23.3. The van der Waals surface area contributed by atoms with Crippen LogP contribution < -0.4 is 9.80 Å². The van der Waals surface area contributed by atoms with E-state index >= 15 is 0 Å². The van der Waals surface area contributed by atoms with Gasteiger partial charge in [0.25, 0.3) is 0 Å². The van der Waals surface area contributed by atoms with Gasteiger partial charge in [-0.05, 0) is 133 Å². The molecule has 12 aromatic rings. The third-order valence-electron chi connectivity index (χ3n) is 14.5. The van der Waals surface area contributed by atoms with Gasteiger partial charge in [0.1, 0.15) is 0 Å². The lowest BCUT2D eigenvalue weighted by Crippen LogP contribution is -2.28. The zero-order chi connectivity index (χ0) is 44.0. The number of anilines is 5. The van der Waals surface area contributed by atoms with E-state index in [1.807, 2.05) is 0 Å². The molecule has 0 spiro atoms. The number of para-hydroxylation sites is 2. The Labute approximate surface area is 389 Å². The summed E-state index contributed by atoms with van der Waals surface area (Å²) in [4.78, 5) is 4.92. The predicted octanol–water partition coefficient (Wildman–Crippen LogP) is 17.3. The van der Waals surface area contributed by atoms with Crippen LogP contribution in [0.15, 0.2) is 249 Å². The highest BCUT2D eigenvalue weighted by Gasteiger charge is 2.37. The number of hydrogen-bond acceptors (Lipinski definition) is 2. The highest BCUT2D eigenvalue weighted by molar-refractivity contribution is 6.25.